The molecule has 0 saturated heterocycles. The molecule has 5 heteroatoms. The Bertz CT molecular complexity index is 489. The van der Waals surface area contributed by atoms with Gasteiger partial charge >= 0.3 is 0 Å². The third kappa shape index (κ3) is 1.77. The molecule has 0 spiro atoms. The van der Waals surface area contributed by atoms with Crippen LogP contribution in [-0.2, 0) is 6.54 Å². The van der Waals surface area contributed by atoms with E-state index in [-0.39, 0.29) is 5.69 Å². The Morgan fingerprint density at radius 3 is 2.87 bits per heavy atom. The van der Waals surface area contributed by atoms with Crippen LogP contribution in [0.3, 0.4) is 0 Å². The first kappa shape index (κ1) is 9.89. The van der Waals surface area contributed by atoms with Crippen molar-refractivity contribution in [3.63, 3.8) is 0 Å². The molecule has 0 aliphatic carbocycles. The van der Waals surface area contributed by atoms with E-state index < -0.39 is 5.82 Å². The summed E-state index contributed by atoms with van der Waals surface area (Å²) in [6.07, 6.45) is 0. The van der Waals surface area contributed by atoms with Gasteiger partial charge in [-0.25, -0.2) is 9.07 Å². The maximum atomic E-state index is 13.2. The average Bonchev–Trinajstić information content (AvgIpc) is 2.49. The SMILES string of the molecule is CC(C)Cn1nnc2cc(N)c(F)cc21. The summed E-state index contributed by atoms with van der Waals surface area (Å²) < 4.78 is 14.9. The van der Waals surface area contributed by atoms with Gasteiger partial charge in [-0.2, -0.15) is 0 Å². The molecule has 1 aromatic carbocycles. The van der Waals surface area contributed by atoms with Crippen molar-refractivity contribution in [3.8, 4) is 0 Å². The standard InChI is InChI=1S/C10H13FN4/c1-6(2)5-15-10-3-7(11)8(12)4-9(10)13-14-15/h3-4,6H,5,12H2,1-2H3. The van der Waals surface area contributed by atoms with E-state index in [4.69, 9.17) is 5.73 Å². The van der Waals surface area contributed by atoms with Gasteiger partial charge in [0.25, 0.3) is 0 Å². The fraction of sp³-hybridized carbons (Fsp3) is 0.400. The average molecular weight is 208 g/mol. The number of nitrogens with two attached hydrogens (primary N) is 1. The molecule has 0 unspecified atom stereocenters. The first-order chi connectivity index (χ1) is 7.08. The lowest BCUT2D eigenvalue weighted by Gasteiger charge is -2.05. The number of nitrogen functional groups attached to an aromatic ring is 1. The molecule has 2 rings (SSSR count). The normalized spacial score (nSPS) is 11.5. The molecule has 0 aliphatic rings. The van der Waals surface area contributed by atoms with Gasteiger partial charge in [0, 0.05) is 12.6 Å². The molecule has 0 amide bonds. The molecule has 15 heavy (non-hydrogen) atoms. The molecular formula is C10H13FN4. The van der Waals surface area contributed by atoms with Gasteiger partial charge in [0.05, 0.1) is 11.2 Å². The fourth-order valence-electron chi connectivity index (χ4n) is 1.49. The number of anilines is 1. The van der Waals surface area contributed by atoms with Gasteiger partial charge in [-0.3, -0.25) is 0 Å². The van der Waals surface area contributed by atoms with Crippen LogP contribution in [0.1, 0.15) is 13.8 Å². The van der Waals surface area contributed by atoms with Gasteiger partial charge in [0.15, 0.2) is 0 Å². The highest BCUT2D eigenvalue weighted by atomic mass is 19.1. The van der Waals surface area contributed by atoms with E-state index in [1.54, 1.807) is 4.68 Å². The van der Waals surface area contributed by atoms with Crippen molar-refractivity contribution in [2.24, 2.45) is 5.92 Å². The van der Waals surface area contributed by atoms with Crippen LogP contribution in [0.4, 0.5) is 10.1 Å². The third-order valence-electron chi connectivity index (χ3n) is 2.17. The lowest BCUT2D eigenvalue weighted by molar-refractivity contribution is 0.482. The Morgan fingerprint density at radius 2 is 2.20 bits per heavy atom. The first-order valence-electron chi connectivity index (χ1n) is 4.86. The highest BCUT2D eigenvalue weighted by Gasteiger charge is 2.09. The number of fused-ring (bicyclic) bond motifs is 1. The van der Waals surface area contributed by atoms with Gasteiger partial charge in [-0.15, -0.1) is 5.10 Å². The molecule has 4 nitrogen and oxygen atoms in total. The molecule has 0 atom stereocenters. The van der Waals surface area contributed by atoms with Crippen LogP contribution in [0.2, 0.25) is 0 Å². The summed E-state index contributed by atoms with van der Waals surface area (Å²) in [6, 6.07) is 2.89. The molecule has 0 bridgehead atoms. The number of hydrogen-bond donors (Lipinski definition) is 1. The van der Waals surface area contributed by atoms with Crippen molar-refractivity contribution in [2.45, 2.75) is 20.4 Å². The molecule has 2 aromatic rings. The van der Waals surface area contributed by atoms with Crippen molar-refractivity contribution in [1.82, 2.24) is 15.0 Å². The van der Waals surface area contributed by atoms with Crippen LogP contribution in [0, 0.1) is 11.7 Å². The number of aromatic nitrogens is 3. The Morgan fingerprint density at radius 1 is 1.47 bits per heavy atom. The molecule has 2 N–H and O–H groups in total. The topological polar surface area (TPSA) is 56.7 Å². The minimum atomic E-state index is -0.421. The maximum absolute atomic E-state index is 13.2. The largest absolute Gasteiger partial charge is 0.396 e. The number of hydrogen-bond acceptors (Lipinski definition) is 3. The monoisotopic (exact) mass is 208 g/mol. The minimum absolute atomic E-state index is 0.110. The molecule has 1 aromatic heterocycles. The summed E-state index contributed by atoms with van der Waals surface area (Å²) in [4.78, 5) is 0. The van der Waals surface area contributed by atoms with Gasteiger partial charge in [0.2, 0.25) is 0 Å². The second-order valence-corrected chi connectivity index (χ2v) is 4.03. The second-order valence-electron chi connectivity index (χ2n) is 4.03. The van der Waals surface area contributed by atoms with E-state index in [0.717, 1.165) is 6.54 Å². The van der Waals surface area contributed by atoms with E-state index in [9.17, 15) is 4.39 Å². The molecule has 0 fully saturated rings. The van der Waals surface area contributed by atoms with Gasteiger partial charge < -0.3 is 5.73 Å². The van der Waals surface area contributed by atoms with Crippen molar-refractivity contribution in [1.29, 1.82) is 0 Å². The zero-order chi connectivity index (χ0) is 11.0. The lowest BCUT2D eigenvalue weighted by Crippen LogP contribution is -2.06. The summed E-state index contributed by atoms with van der Waals surface area (Å²) in [6.45, 7) is 4.86. The van der Waals surface area contributed by atoms with Gasteiger partial charge in [-0.05, 0) is 12.0 Å². The smallest absolute Gasteiger partial charge is 0.148 e. The van der Waals surface area contributed by atoms with E-state index in [1.165, 1.54) is 12.1 Å². The Labute approximate surface area is 86.9 Å². The molecule has 0 aliphatic heterocycles. The van der Waals surface area contributed by atoms with Crippen molar-refractivity contribution >= 4 is 16.7 Å². The zero-order valence-corrected chi connectivity index (χ0v) is 8.74. The van der Waals surface area contributed by atoms with Crippen molar-refractivity contribution < 1.29 is 4.39 Å². The quantitative estimate of drug-likeness (QED) is 0.766. The van der Waals surface area contributed by atoms with E-state index in [0.29, 0.717) is 17.0 Å². The molecular weight excluding hydrogens is 195 g/mol. The lowest BCUT2D eigenvalue weighted by atomic mass is 10.2. The fourth-order valence-corrected chi connectivity index (χ4v) is 1.49. The maximum Gasteiger partial charge on any atom is 0.148 e. The summed E-state index contributed by atoms with van der Waals surface area (Å²) in [5, 5.41) is 7.90. The van der Waals surface area contributed by atoms with Crippen LogP contribution < -0.4 is 5.73 Å². The molecule has 80 valence electrons. The summed E-state index contributed by atoms with van der Waals surface area (Å²) in [7, 11) is 0. The van der Waals surface area contributed by atoms with E-state index in [2.05, 4.69) is 24.2 Å². The van der Waals surface area contributed by atoms with E-state index in [1.807, 2.05) is 0 Å². The van der Waals surface area contributed by atoms with Crippen LogP contribution >= 0.6 is 0 Å². The van der Waals surface area contributed by atoms with Crippen LogP contribution in [0.15, 0.2) is 12.1 Å². The third-order valence-corrected chi connectivity index (χ3v) is 2.17. The Balaban J connectivity index is 2.54. The summed E-state index contributed by atoms with van der Waals surface area (Å²) >= 11 is 0. The van der Waals surface area contributed by atoms with Crippen LogP contribution in [0.25, 0.3) is 11.0 Å². The van der Waals surface area contributed by atoms with Gasteiger partial charge in [-0.1, -0.05) is 19.1 Å². The second kappa shape index (κ2) is 3.49. The Hall–Kier alpha value is -1.65. The molecule has 0 saturated carbocycles. The number of nitrogens with zero attached hydrogens (tertiary/aromatic N) is 3. The minimum Gasteiger partial charge on any atom is -0.396 e. The number of benzene rings is 1. The van der Waals surface area contributed by atoms with E-state index >= 15 is 0 Å². The summed E-state index contributed by atoms with van der Waals surface area (Å²) in [5.74, 6) is 0.0188. The highest BCUT2D eigenvalue weighted by Crippen LogP contribution is 2.19. The van der Waals surface area contributed by atoms with Gasteiger partial charge in [0.1, 0.15) is 11.3 Å². The number of rotatable bonds is 2. The Kier molecular flexibility index (Phi) is 2.30. The predicted octanol–water partition coefficient (Wildman–Crippen LogP) is 1.81. The summed E-state index contributed by atoms with van der Waals surface area (Å²) in [5.41, 5.74) is 6.88. The highest BCUT2D eigenvalue weighted by molar-refractivity contribution is 5.78. The first-order valence-corrected chi connectivity index (χ1v) is 4.86. The van der Waals surface area contributed by atoms with Crippen molar-refractivity contribution in [3.05, 3.63) is 17.9 Å². The molecule has 1 heterocycles. The van der Waals surface area contributed by atoms with Crippen LogP contribution in [0.5, 0.6) is 0 Å². The van der Waals surface area contributed by atoms with Crippen LogP contribution in [-0.4, -0.2) is 15.0 Å². The predicted molar refractivity (Wildman–Crippen MR) is 56.7 cm³/mol. The zero-order valence-electron chi connectivity index (χ0n) is 8.74. The number of halogens is 1. The molecule has 0 radical (unpaired) electrons. The van der Waals surface area contributed by atoms with Crippen molar-refractivity contribution in [2.75, 3.05) is 5.73 Å².